The monoisotopic (exact) mass is 1880 g/mol. The number of carbonyl (C=O) groups excluding carboxylic acids is 10. The van der Waals surface area contributed by atoms with Gasteiger partial charge in [0.1, 0.15) is 31.0 Å². The molecule has 0 bridgehead atoms. The molecule has 10 aromatic rings. The second-order valence-electron chi connectivity index (χ2n) is 28.4. The third kappa shape index (κ3) is 17.6. The lowest BCUT2D eigenvalue weighted by Crippen LogP contribution is -2.63. The SMILES string of the molecule is O=C(OC[C@H]1O[C@@H](OC(=O)c2cc(O)c(O)c(O)c2)[C@H](OC(=O)c2cc(O)c(O)c(O)c2)[C@@H](OC(=O)c2cc(O)c(O)c(O)c2)[C@@H]1OC(=O)c1cc(O)c(O)c(O)c1Oc1cc2c(c(O)c1O)-c1c(cc(O)c(O)c1O)C(=O)OC[C@H]1O[C@@H](OC(=O)c3cc(O)c(O)c(O)c3)[C@H](OC(=O)c3cc(O)c(O)c(O)c3)[C@@H](OC(=O)c3cc(O)c(O)c(O)c3)[C@@H]1OC2=O)c1cc(O)c(O)c(O)c1. The van der Waals surface area contributed by atoms with Gasteiger partial charge in [-0.2, -0.15) is 0 Å². The van der Waals surface area contributed by atoms with Crippen LogP contribution in [0.25, 0.3) is 11.1 Å². The van der Waals surface area contributed by atoms with Crippen molar-refractivity contribution in [2.45, 2.75) is 61.4 Å². The number of carbonyl (C=O) groups is 10. The predicted molar refractivity (Wildman–Crippen MR) is 416 cm³/mol. The Balaban J connectivity index is 0.985. The summed E-state index contributed by atoms with van der Waals surface area (Å²) < 4.78 is 74.3. The van der Waals surface area contributed by atoms with Gasteiger partial charge in [0.2, 0.25) is 47.8 Å². The van der Waals surface area contributed by atoms with Crippen LogP contribution in [0.2, 0.25) is 0 Å². The minimum atomic E-state index is -3.05. The zero-order chi connectivity index (χ0) is 98.0. The van der Waals surface area contributed by atoms with Gasteiger partial charge in [-0.15, -0.1) is 0 Å². The van der Waals surface area contributed by atoms with E-state index < -0.39 is 379 Å². The van der Waals surface area contributed by atoms with Crippen molar-refractivity contribution in [1.82, 2.24) is 0 Å². The van der Waals surface area contributed by atoms with E-state index >= 15 is 9.59 Å². The van der Waals surface area contributed by atoms with Crippen LogP contribution in [0, 0.1) is 0 Å². The maximum Gasteiger partial charge on any atom is 0.342 e. The molecule has 13 rings (SSSR count). The first-order valence-electron chi connectivity index (χ1n) is 36.9. The molecule has 0 unspecified atom stereocenters. The number of fused-ring (bicyclic) bond motifs is 4. The Morgan fingerprint density at radius 3 is 0.948 bits per heavy atom. The van der Waals surface area contributed by atoms with E-state index in [2.05, 4.69) is 0 Å². The van der Waals surface area contributed by atoms with Crippen LogP contribution in [0.15, 0.2) is 103 Å². The van der Waals surface area contributed by atoms with Crippen molar-refractivity contribution < 1.29 is 258 Å². The molecule has 0 aromatic heterocycles. The number of ether oxygens (including phenoxy) is 13. The van der Waals surface area contributed by atoms with Gasteiger partial charge < -0.3 is 210 Å². The van der Waals surface area contributed by atoms with Gasteiger partial charge in [-0.1, -0.05) is 0 Å². The lowest BCUT2D eigenvalue weighted by molar-refractivity contribution is -0.283. The number of hydrogen-bond acceptors (Lipinski definition) is 52. The summed E-state index contributed by atoms with van der Waals surface area (Å²) >= 11 is 0. The van der Waals surface area contributed by atoms with E-state index in [1.54, 1.807) is 0 Å². The third-order valence-electron chi connectivity index (χ3n) is 19.8. The first-order chi connectivity index (χ1) is 63.0. The van der Waals surface area contributed by atoms with Gasteiger partial charge in [0.15, 0.2) is 180 Å². The van der Waals surface area contributed by atoms with Crippen LogP contribution in [-0.4, -0.2) is 282 Å². The van der Waals surface area contributed by atoms with Crippen molar-refractivity contribution >= 4 is 59.7 Å². The van der Waals surface area contributed by atoms with E-state index in [0.29, 0.717) is 84.9 Å². The molecule has 0 amide bonds. The molecule has 0 spiro atoms. The highest BCUT2D eigenvalue weighted by Gasteiger charge is 2.58. The van der Waals surface area contributed by atoms with Crippen molar-refractivity contribution in [3.8, 4) is 189 Å². The van der Waals surface area contributed by atoms with Gasteiger partial charge in [0.05, 0.1) is 50.1 Å². The van der Waals surface area contributed by atoms with E-state index in [1.165, 1.54) is 0 Å². The lowest BCUT2D eigenvalue weighted by Gasteiger charge is -2.44. The highest BCUT2D eigenvalue weighted by Crippen LogP contribution is 2.57. The third-order valence-corrected chi connectivity index (χ3v) is 19.8. The van der Waals surface area contributed by atoms with E-state index in [4.69, 9.17) is 61.6 Å². The van der Waals surface area contributed by atoms with Crippen molar-refractivity contribution in [3.05, 3.63) is 159 Å². The molecule has 134 heavy (non-hydrogen) atoms. The standard InChI is InChI=1S/C82H60O52/c83-30-1-20(2-31(84)51(30)99)71(112)122-18-47-66(68(130-73(114)22-5-34(87)53(101)35(88)6-22)70(132-75(116)24-9-38(91)55(103)39(92)10-24)81(125-47)133-76(117)25-11-40(93)56(104)41(94)12-25)128-80(121)29-16-45(98)59(107)63(111)64(29)124-46-17-28-50(62(110)60(46)108)49-27(15-44(97)58(106)61(49)109)78(119)123-19-48-65(127-79(28)120)67(129-72(113)21-3-32(85)52(100)33(86)4-21)69(131-74(115)23-7-36(89)54(102)37(90)8-23)82(126-48)134-77(118)26-13-42(95)57(105)43(96)14-26/h1-17,47-48,65-70,81-111H,18-19H2/t47-,48-,65-,66-,67+,68+,69-,70-,81+,82+/m1/s1. The van der Waals surface area contributed by atoms with Gasteiger partial charge in [-0.3, -0.25) is 0 Å². The number of rotatable bonds is 19. The van der Waals surface area contributed by atoms with Crippen molar-refractivity contribution in [3.63, 3.8) is 0 Å². The molecule has 2 fully saturated rings. The Hall–Kier alpha value is -19.2. The Labute approximate surface area is 737 Å². The highest BCUT2D eigenvalue weighted by molar-refractivity contribution is 6.09. The minimum absolute atomic E-state index is 0.0442. The molecule has 0 saturated carbocycles. The lowest BCUT2D eigenvalue weighted by atomic mass is 9.91. The van der Waals surface area contributed by atoms with E-state index in [9.17, 15) is 186 Å². The van der Waals surface area contributed by atoms with Crippen molar-refractivity contribution in [2.24, 2.45) is 0 Å². The average molecular weight is 1880 g/mol. The molecular formula is C82H60O52. The first-order valence-corrected chi connectivity index (χ1v) is 36.9. The maximum atomic E-state index is 15.9. The fourth-order valence-electron chi connectivity index (χ4n) is 13.2. The van der Waals surface area contributed by atoms with Gasteiger partial charge in [-0.25, -0.2) is 47.9 Å². The molecular weight excluding hydrogens is 1820 g/mol. The van der Waals surface area contributed by atoms with Gasteiger partial charge in [0, 0.05) is 23.3 Å². The van der Waals surface area contributed by atoms with Crippen LogP contribution in [0.3, 0.4) is 0 Å². The summed E-state index contributed by atoms with van der Waals surface area (Å²) in [6.45, 7) is -3.25. The number of phenolic OH excluding ortho intramolecular Hbond substituents is 29. The molecule has 3 heterocycles. The summed E-state index contributed by atoms with van der Waals surface area (Å²) in [6, 6.07) is 5.87. The molecule has 52 heteroatoms. The largest absolute Gasteiger partial charge is 0.504 e. The summed E-state index contributed by atoms with van der Waals surface area (Å²) in [5.74, 6) is -64.7. The quantitative estimate of drug-likeness (QED) is 0.0311. The summed E-state index contributed by atoms with van der Waals surface area (Å²) in [6.07, 6.45) is -28.9. The predicted octanol–water partition coefficient (Wildman–Crippen LogP) is 3.75. The number of benzene rings is 10. The molecule has 10 atom stereocenters. The van der Waals surface area contributed by atoms with Gasteiger partial charge in [-0.05, 0) is 91.0 Å². The maximum absolute atomic E-state index is 15.9. The number of aromatic hydroxyl groups is 29. The van der Waals surface area contributed by atoms with Crippen LogP contribution >= 0.6 is 0 Å². The Kier molecular flexibility index (Phi) is 24.5. The minimum Gasteiger partial charge on any atom is -0.504 e. The average Bonchev–Trinajstić information content (AvgIpc) is 1.72. The molecule has 29 N–H and O–H groups in total. The Morgan fingerprint density at radius 2 is 0.567 bits per heavy atom. The molecule has 10 aromatic carbocycles. The summed E-state index contributed by atoms with van der Waals surface area (Å²) in [7, 11) is 0. The number of hydrogen-bond donors (Lipinski definition) is 29. The molecule has 700 valence electrons. The first kappa shape index (κ1) is 92.5. The van der Waals surface area contributed by atoms with Gasteiger partial charge in [0.25, 0.3) is 0 Å². The fraction of sp³-hybridized carbons (Fsp3) is 0.146. The second-order valence-corrected chi connectivity index (χ2v) is 28.4. The van der Waals surface area contributed by atoms with Crippen LogP contribution in [0.5, 0.6) is 178 Å². The van der Waals surface area contributed by atoms with Crippen molar-refractivity contribution in [2.75, 3.05) is 13.2 Å². The zero-order valence-corrected chi connectivity index (χ0v) is 65.9. The molecule has 2 saturated heterocycles. The number of cyclic esters (lactones) is 1. The van der Waals surface area contributed by atoms with E-state index in [-0.39, 0.29) is 18.2 Å². The zero-order valence-electron chi connectivity index (χ0n) is 65.9. The summed E-state index contributed by atoms with van der Waals surface area (Å²) in [4.78, 5) is 148. The molecule has 3 aliphatic heterocycles. The highest BCUT2D eigenvalue weighted by atomic mass is 16.8. The molecule has 0 radical (unpaired) electrons. The summed E-state index contributed by atoms with van der Waals surface area (Å²) in [5.41, 5.74) is -14.8. The second kappa shape index (κ2) is 35.6. The fourth-order valence-corrected chi connectivity index (χ4v) is 13.2. The smallest absolute Gasteiger partial charge is 0.342 e. The van der Waals surface area contributed by atoms with Crippen LogP contribution in [0.4, 0.5) is 0 Å². The van der Waals surface area contributed by atoms with Crippen LogP contribution in [-0.2, 0) is 56.8 Å². The molecule has 3 aliphatic rings. The normalized spacial score (nSPS) is 18.4. The van der Waals surface area contributed by atoms with E-state index in [0.717, 1.165) is 0 Å². The molecule has 52 nitrogen and oxygen atoms in total. The number of phenols is 29. The number of esters is 10. The molecule has 0 aliphatic carbocycles. The van der Waals surface area contributed by atoms with Crippen molar-refractivity contribution in [1.29, 1.82) is 0 Å². The summed E-state index contributed by atoms with van der Waals surface area (Å²) in [5, 5.41) is 312. The van der Waals surface area contributed by atoms with Gasteiger partial charge >= 0.3 is 59.7 Å². The Morgan fingerprint density at radius 1 is 0.276 bits per heavy atom. The topological polar surface area (TPSA) is 877 Å². The van der Waals surface area contributed by atoms with Crippen LogP contribution in [0.1, 0.15) is 104 Å². The van der Waals surface area contributed by atoms with E-state index in [1.807, 2.05) is 0 Å². The van der Waals surface area contributed by atoms with Crippen LogP contribution < -0.4 is 4.74 Å². The Bertz CT molecular complexity index is 6470.